The SMILES string of the molecule is CCCc1cc(N=Nc2ccncc2)ccc1OCCCCCC(=O)O. The highest BCUT2D eigenvalue weighted by atomic mass is 16.5. The molecule has 1 N–H and O–H groups in total. The lowest BCUT2D eigenvalue weighted by Crippen LogP contribution is -2.01. The summed E-state index contributed by atoms with van der Waals surface area (Å²) in [5, 5.41) is 17.1. The molecule has 6 heteroatoms. The number of carbonyl (C=O) groups is 1. The average Bonchev–Trinajstić information content (AvgIpc) is 2.65. The Bertz CT molecular complexity index is 717. The Kier molecular flexibility index (Phi) is 8.26. The zero-order chi connectivity index (χ0) is 18.6. The smallest absolute Gasteiger partial charge is 0.303 e. The molecular weight excluding hydrogens is 330 g/mol. The van der Waals surface area contributed by atoms with Crippen LogP contribution in [0, 0.1) is 0 Å². The maximum atomic E-state index is 10.5. The van der Waals surface area contributed by atoms with Crippen molar-refractivity contribution in [3.05, 3.63) is 48.3 Å². The summed E-state index contributed by atoms with van der Waals surface area (Å²) < 4.78 is 5.89. The molecule has 0 spiro atoms. The minimum Gasteiger partial charge on any atom is -0.493 e. The molecule has 1 aromatic carbocycles. The summed E-state index contributed by atoms with van der Waals surface area (Å²) in [5.41, 5.74) is 2.67. The summed E-state index contributed by atoms with van der Waals surface area (Å²) >= 11 is 0. The minimum absolute atomic E-state index is 0.220. The van der Waals surface area contributed by atoms with E-state index in [-0.39, 0.29) is 6.42 Å². The van der Waals surface area contributed by atoms with Crippen molar-refractivity contribution < 1.29 is 14.6 Å². The number of rotatable bonds is 11. The second kappa shape index (κ2) is 11.0. The zero-order valence-corrected chi connectivity index (χ0v) is 15.1. The van der Waals surface area contributed by atoms with Crippen molar-refractivity contribution in [1.29, 1.82) is 0 Å². The number of nitrogens with zero attached hydrogens (tertiary/aromatic N) is 3. The van der Waals surface area contributed by atoms with Gasteiger partial charge in [0, 0.05) is 18.8 Å². The molecule has 0 saturated carbocycles. The molecule has 2 aromatic rings. The normalized spacial score (nSPS) is 11.0. The number of aromatic nitrogens is 1. The van der Waals surface area contributed by atoms with Gasteiger partial charge in [0.05, 0.1) is 18.0 Å². The molecule has 2 rings (SSSR count). The molecule has 1 aromatic heterocycles. The molecule has 0 saturated heterocycles. The van der Waals surface area contributed by atoms with Gasteiger partial charge in [0.15, 0.2) is 0 Å². The average molecular weight is 355 g/mol. The van der Waals surface area contributed by atoms with E-state index in [0.29, 0.717) is 13.0 Å². The molecule has 138 valence electrons. The minimum atomic E-state index is -0.743. The standard InChI is InChI=1S/C20H25N3O3/c1-2-6-16-15-18(23-22-17-10-12-21-13-11-17)8-9-19(16)26-14-5-3-4-7-20(24)25/h8-13,15H,2-7,14H2,1H3,(H,24,25). The molecule has 1 heterocycles. The van der Waals surface area contributed by atoms with Crippen LogP contribution in [0.5, 0.6) is 5.75 Å². The number of azo groups is 1. The van der Waals surface area contributed by atoms with Crippen LogP contribution in [0.1, 0.15) is 44.6 Å². The lowest BCUT2D eigenvalue weighted by Gasteiger charge is -2.11. The lowest BCUT2D eigenvalue weighted by atomic mass is 10.1. The largest absolute Gasteiger partial charge is 0.493 e. The third-order valence-corrected chi connectivity index (χ3v) is 3.80. The second-order valence-electron chi connectivity index (χ2n) is 6.00. The highest BCUT2D eigenvalue weighted by Gasteiger charge is 2.05. The zero-order valence-electron chi connectivity index (χ0n) is 15.1. The maximum Gasteiger partial charge on any atom is 0.303 e. The number of hydrogen-bond acceptors (Lipinski definition) is 5. The van der Waals surface area contributed by atoms with Gasteiger partial charge in [-0.2, -0.15) is 10.2 Å². The number of benzene rings is 1. The van der Waals surface area contributed by atoms with Crippen molar-refractivity contribution in [2.45, 2.75) is 45.4 Å². The molecule has 0 amide bonds. The van der Waals surface area contributed by atoms with Gasteiger partial charge in [-0.3, -0.25) is 9.78 Å². The quantitative estimate of drug-likeness (QED) is 0.427. The Labute approximate surface area is 154 Å². The van der Waals surface area contributed by atoms with Gasteiger partial charge >= 0.3 is 5.97 Å². The summed E-state index contributed by atoms with van der Waals surface area (Å²) in [4.78, 5) is 14.5. The fourth-order valence-electron chi connectivity index (χ4n) is 2.50. The van der Waals surface area contributed by atoms with Crippen LogP contribution in [-0.4, -0.2) is 22.7 Å². The summed E-state index contributed by atoms with van der Waals surface area (Å²) in [6.07, 6.45) is 7.91. The van der Waals surface area contributed by atoms with E-state index in [1.165, 1.54) is 0 Å². The number of hydrogen-bond donors (Lipinski definition) is 1. The van der Waals surface area contributed by atoms with Crippen molar-refractivity contribution in [3.63, 3.8) is 0 Å². The topological polar surface area (TPSA) is 84.1 Å². The van der Waals surface area contributed by atoms with Crippen LogP contribution in [0.25, 0.3) is 0 Å². The molecule has 0 aliphatic rings. The van der Waals surface area contributed by atoms with Crippen LogP contribution in [0.3, 0.4) is 0 Å². The van der Waals surface area contributed by atoms with Crippen LogP contribution in [-0.2, 0) is 11.2 Å². The maximum absolute atomic E-state index is 10.5. The van der Waals surface area contributed by atoms with Crippen LogP contribution < -0.4 is 4.74 Å². The van der Waals surface area contributed by atoms with Crippen molar-refractivity contribution >= 4 is 17.3 Å². The second-order valence-corrected chi connectivity index (χ2v) is 6.00. The molecule has 0 aliphatic heterocycles. The van der Waals surface area contributed by atoms with Crippen molar-refractivity contribution in [1.82, 2.24) is 4.98 Å². The van der Waals surface area contributed by atoms with Gasteiger partial charge in [0.2, 0.25) is 0 Å². The van der Waals surface area contributed by atoms with Gasteiger partial charge in [-0.05, 0) is 61.6 Å². The lowest BCUT2D eigenvalue weighted by molar-refractivity contribution is -0.137. The van der Waals surface area contributed by atoms with Crippen molar-refractivity contribution in [3.8, 4) is 5.75 Å². The Morgan fingerprint density at radius 1 is 1.08 bits per heavy atom. The number of pyridine rings is 1. The number of aryl methyl sites for hydroxylation is 1. The number of ether oxygens (including phenoxy) is 1. The van der Waals surface area contributed by atoms with Crippen molar-refractivity contribution in [2.75, 3.05) is 6.61 Å². The van der Waals surface area contributed by atoms with E-state index in [1.807, 2.05) is 18.2 Å². The van der Waals surface area contributed by atoms with Gasteiger partial charge in [0.1, 0.15) is 5.75 Å². The number of carboxylic acid groups (broad SMARTS) is 1. The molecular formula is C20H25N3O3. The van der Waals surface area contributed by atoms with E-state index in [2.05, 4.69) is 22.1 Å². The fraction of sp³-hybridized carbons (Fsp3) is 0.400. The molecule has 26 heavy (non-hydrogen) atoms. The number of unbranched alkanes of at least 4 members (excludes halogenated alkanes) is 2. The first-order chi connectivity index (χ1) is 12.7. The summed E-state index contributed by atoms with van der Waals surface area (Å²) in [6, 6.07) is 9.44. The predicted octanol–water partition coefficient (Wildman–Crippen LogP) is 5.47. The highest BCUT2D eigenvalue weighted by Crippen LogP contribution is 2.27. The number of aliphatic carboxylic acids is 1. The third-order valence-electron chi connectivity index (χ3n) is 3.80. The van der Waals surface area contributed by atoms with E-state index in [9.17, 15) is 4.79 Å². The van der Waals surface area contributed by atoms with Gasteiger partial charge in [-0.15, -0.1) is 0 Å². The number of carboxylic acids is 1. The van der Waals surface area contributed by atoms with Crippen LogP contribution in [0.15, 0.2) is 53.0 Å². The first kappa shape index (κ1) is 19.6. The van der Waals surface area contributed by atoms with Gasteiger partial charge < -0.3 is 9.84 Å². The Hall–Kier alpha value is -2.76. The predicted molar refractivity (Wildman–Crippen MR) is 100 cm³/mol. The molecule has 0 aliphatic carbocycles. The van der Waals surface area contributed by atoms with Crippen LogP contribution in [0.4, 0.5) is 11.4 Å². The highest BCUT2D eigenvalue weighted by molar-refractivity contribution is 5.66. The van der Waals surface area contributed by atoms with Crippen LogP contribution in [0.2, 0.25) is 0 Å². The first-order valence-electron chi connectivity index (χ1n) is 8.98. The fourth-order valence-corrected chi connectivity index (χ4v) is 2.50. The van der Waals surface area contributed by atoms with E-state index in [0.717, 1.165) is 48.4 Å². The Morgan fingerprint density at radius 3 is 2.58 bits per heavy atom. The molecule has 0 bridgehead atoms. The van der Waals surface area contributed by atoms with E-state index in [1.54, 1.807) is 24.5 Å². The molecule has 0 atom stereocenters. The molecule has 0 unspecified atom stereocenters. The van der Waals surface area contributed by atoms with E-state index in [4.69, 9.17) is 9.84 Å². The summed E-state index contributed by atoms with van der Waals surface area (Å²) in [7, 11) is 0. The summed E-state index contributed by atoms with van der Waals surface area (Å²) in [5.74, 6) is 0.126. The van der Waals surface area contributed by atoms with Crippen molar-refractivity contribution in [2.24, 2.45) is 10.2 Å². The molecule has 6 nitrogen and oxygen atoms in total. The van der Waals surface area contributed by atoms with Gasteiger partial charge in [-0.25, -0.2) is 0 Å². The first-order valence-corrected chi connectivity index (χ1v) is 8.98. The van der Waals surface area contributed by atoms with Gasteiger partial charge in [0.25, 0.3) is 0 Å². The van der Waals surface area contributed by atoms with E-state index >= 15 is 0 Å². The van der Waals surface area contributed by atoms with Gasteiger partial charge in [-0.1, -0.05) is 13.3 Å². The van der Waals surface area contributed by atoms with E-state index < -0.39 is 5.97 Å². The third kappa shape index (κ3) is 7.01. The van der Waals surface area contributed by atoms with Crippen LogP contribution >= 0.6 is 0 Å². The molecule has 0 radical (unpaired) electrons. The monoisotopic (exact) mass is 355 g/mol. The Morgan fingerprint density at radius 2 is 1.85 bits per heavy atom. The summed E-state index contributed by atoms with van der Waals surface area (Å²) in [6.45, 7) is 2.72. The molecule has 0 fully saturated rings. The Balaban J connectivity index is 1.92.